The van der Waals surface area contributed by atoms with Crippen LogP contribution in [0.25, 0.3) is 83.7 Å². The molecular formula is C63H61GeIrN3O-2. The topological polar surface area (TPSA) is 43.9 Å². The first-order chi connectivity index (χ1) is 32.8. The molecule has 3 heterocycles. The Morgan fingerprint density at radius 1 is 0.594 bits per heavy atom. The zero-order valence-electron chi connectivity index (χ0n) is 41.3. The number of nitrogens with zero attached hydrogens (tertiary/aromatic N) is 3. The second-order valence-electron chi connectivity index (χ2n) is 20.0. The van der Waals surface area contributed by atoms with E-state index in [4.69, 9.17) is 14.4 Å². The molecule has 6 heteroatoms. The minimum atomic E-state index is -1.86. The average molecular weight is 1140 g/mol. The standard InChI is InChI=1S/C45H37N2O.C18H24GeN.Ir/c1-29(2)37-26-36(32-15-9-6-10-16-32)27-38(30(3)4)44(37)47-42-18-12-11-17-41(42)46-45(47)40-28-48-43-24-23-35(25-39(40)43)34-21-19-33(20-22-34)31-13-7-5-8-14-31;1-14(2)11-16-12-18(15-9-7-6-8-10-15)20-13-17(16)19(3,4)5;/h5-27,29-30H,1-4H3;6-9,12-14H,11H2,1-5H3;/q2*-1;. The molecule has 0 fully saturated rings. The number of furan rings is 1. The van der Waals surface area contributed by atoms with Crippen LogP contribution < -0.4 is 4.40 Å². The molecule has 4 nitrogen and oxygen atoms in total. The number of rotatable bonds is 11. The molecule has 10 aromatic rings. The number of fused-ring (bicyclic) bond motifs is 2. The smallest absolute Gasteiger partial charge is 0.0774 e. The molecule has 0 saturated carbocycles. The van der Waals surface area contributed by atoms with Crippen LogP contribution in [-0.2, 0) is 26.5 Å². The minimum absolute atomic E-state index is 0. The van der Waals surface area contributed by atoms with Crippen LogP contribution in [0.3, 0.4) is 0 Å². The molecule has 0 atom stereocenters. The van der Waals surface area contributed by atoms with Gasteiger partial charge in [-0.1, -0.05) is 154 Å². The van der Waals surface area contributed by atoms with Gasteiger partial charge < -0.3 is 8.98 Å². The molecule has 0 spiro atoms. The Morgan fingerprint density at radius 2 is 1.16 bits per heavy atom. The summed E-state index contributed by atoms with van der Waals surface area (Å²) >= 11 is -1.86. The van der Waals surface area contributed by atoms with Crippen molar-refractivity contribution in [1.82, 2.24) is 14.5 Å². The zero-order chi connectivity index (χ0) is 47.5. The van der Waals surface area contributed by atoms with Gasteiger partial charge in [0.25, 0.3) is 0 Å². The molecule has 0 amide bonds. The third-order valence-corrected chi connectivity index (χ3v) is 17.1. The number of pyridine rings is 1. The van der Waals surface area contributed by atoms with Crippen LogP contribution in [0.5, 0.6) is 0 Å². The van der Waals surface area contributed by atoms with Gasteiger partial charge in [-0.15, -0.1) is 0 Å². The maximum Gasteiger partial charge on any atom is 0.0774 e. The molecular weight excluding hydrogens is 1080 g/mol. The van der Waals surface area contributed by atoms with E-state index in [9.17, 15) is 0 Å². The van der Waals surface area contributed by atoms with E-state index in [-0.39, 0.29) is 31.9 Å². The summed E-state index contributed by atoms with van der Waals surface area (Å²) in [6.07, 6.45) is 6.56. The molecule has 0 bridgehead atoms. The number of aromatic nitrogens is 3. The molecule has 0 unspecified atom stereocenters. The number of hydrogen-bond donors (Lipinski definition) is 0. The summed E-state index contributed by atoms with van der Waals surface area (Å²) in [6, 6.07) is 63.2. The predicted molar refractivity (Wildman–Crippen MR) is 290 cm³/mol. The van der Waals surface area contributed by atoms with Crippen molar-refractivity contribution in [2.75, 3.05) is 0 Å². The van der Waals surface area contributed by atoms with Gasteiger partial charge in [-0.25, -0.2) is 0 Å². The quantitative estimate of drug-likeness (QED) is 0.0958. The summed E-state index contributed by atoms with van der Waals surface area (Å²) in [5.41, 5.74) is 18.2. The number of para-hydroxylation sites is 2. The normalized spacial score (nSPS) is 11.6. The van der Waals surface area contributed by atoms with Crippen LogP contribution in [0.4, 0.5) is 0 Å². The molecule has 3 aromatic heterocycles. The monoisotopic (exact) mass is 1140 g/mol. The van der Waals surface area contributed by atoms with Gasteiger partial charge in [0.15, 0.2) is 0 Å². The van der Waals surface area contributed by atoms with Crippen molar-refractivity contribution in [1.29, 1.82) is 0 Å². The van der Waals surface area contributed by atoms with Gasteiger partial charge in [0, 0.05) is 37.6 Å². The molecule has 1 radical (unpaired) electrons. The van der Waals surface area contributed by atoms with Gasteiger partial charge in [0.1, 0.15) is 0 Å². The molecule has 10 rings (SSSR count). The van der Waals surface area contributed by atoms with E-state index in [2.05, 4.69) is 227 Å². The summed E-state index contributed by atoms with van der Waals surface area (Å²) in [4.78, 5) is 9.98. The Morgan fingerprint density at radius 3 is 1.75 bits per heavy atom. The van der Waals surface area contributed by atoms with E-state index < -0.39 is 13.3 Å². The van der Waals surface area contributed by atoms with Crippen LogP contribution in [0, 0.1) is 18.2 Å². The molecule has 0 aliphatic rings. The Labute approximate surface area is 425 Å². The SMILES string of the molecule is CC(C)Cc1cc(-c2[c-]cccc2)nc[c]1[Ge]([CH3])([CH3])[CH3].CC(C)c1cc(-c2ccccc2)cc(C(C)C)c1-n1c(-c2[c-]oc3ccc(-c4ccc(-c5ccccc5)cc4)cc23)nc2ccccc21.[Ir]. The predicted octanol–water partition coefficient (Wildman–Crippen LogP) is 16.8. The van der Waals surface area contributed by atoms with Crippen molar-refractivity contribution in [2.45, 2.75) is 77.1 Å². The van der Waals surface area contributed by atoms with Crippen molar-refractivity contribution < 1.29 is 24.5 Å². The molecule has 0 saturated heterocycles. The van der Waals surface area contributed by atoms with Crippen LogP contribution in [-0.4, -0.2) is 27.8 Å². The van der Waals surface area contributed by atoms with Crippen molar-refractivity contribution in [3.8, 4) is 61.7 Å². The van der Waals surface area contributed by atoms with Gasteiger partial charge in [0.2, 0.25) is 0 Å². The van der Waals surface area contributed by atoms with Gasteiger partial charge in [-0.2, -0.15) is 0 Å². The largest absolute Gasteiger partial charge is 0.557 e. The summed E-state index contributed by atoms with van der Waals surface area (Å²) < 4.78 is 10.0. The summed E-state index contributed by atoms with van der Waals surface area (Å²) in [7, 11) is 0. The Bertz CT molecular complexity index is 3280. The van der Waals surface area contributed by atoms with E-state index in [1.54, 1.807) is 4.40 Å². The van der Waals surface area contributed by atoms with Crippen LogP contribution >= 0.6 is 0 Å². The number of benzene rings is 7. The van der Waals surface area contributed by atoms with Crippen LogP contribution in [0.1, 0.15) is 70.1 Å². The average Bonchev–Trinajstić information content (AvgIpc) is 3.95. The first kappa shape index (κ1) is 49.3. The fraction of sp³-hybridized carbons (Fsp3) is 0.206. The molecule has 0 aliphatic carbocycles. The fourth-order valence-electron chi connectivity index (χ4n) is 9.32. The maximum absolute atomic E-state index is 6.11. The van der Waals surface area contributed by atoms with E-state index in [0.29, 0.717) is 5.92 Å². The van der Waals surface area contributed by atoms with E-state index in [0.717, 1.165) is 62.2 Å². The van der Waals surface area contributed by atoms with Gasteiger partial charge in [-0.05, 0) is 80.6 Å². The fourth-order valence-corrected chi connectivity index (χ4v) is 12.7. The molecule has 349 valence electrons. The van der Waals surface area contributed by atoms with Crippen LogP contribution in [0.2, 0.25) is 17.3 Å². The summed E-state index contributed by atoms with van der Waals surface area (Å²) in [6.45, 7) is 13.7. The second-order valence-corrected chi connectivity index (χ2v) is 30.6. The second kappa shape index (κ2) is 21.3. The van der Waals surface area contributed by atoms with Gasteiger partial charge in [0.05, 0.1) is 16.9 Å². The van der Waals surface area contributed by atoms with E-state index >= 15 is 0 Å². The summed E-state index contributed by atoms with van der Waals surface area (Å²) in [5.74, 6) is 9.40. The molecule has 0 N–H and O–H groups in total. The Kier molecular flexibility index (Phi) is 15.2. The summed E-state index contributed by atoms with van der Waals surface area (Å²) in [5, 5.41) is 0.995. The van der Waals surface area contributed by atoms with Crippen molar-refractivity contribution in [3.63, 3.8) is 0 Å². The molecule has 0 aliphatic heterocycles. The van der Waals surface area contributed by atoms with E-state index in [1.165, 1.54) is 44.6 Å². The maximum atomic E-state index is 6.11. The van der Waals surface area contributed by atoms with Gasteiger partial charge >= 0.3 is 126 Å². The van der Waals surface area contributed by atoms with Crippen molar-refractivity contribution in [3.05, 3.63) is 205 Å². The first-order valence-corrected chi connectivity index (χ1v) is 31.5. The molecule has 69 heavy (non-hydrogen) atoms. The third kappa shape index (κ3) is 10.7. The number of hydrogen-bond acceptors (Lipinski definition) is 3. The van der Waals surface area contributed by atoms with Gasteiger partial charge in [-0.3, -0.25) is 4.98 Å². The minimum Gasteiger partial charge on any atom is -0.557 e. The number of imidazole rings is 1. The van der Waals surface area contributed by atoms with Crippen LogP contribution in [0.15, 0.2) is 180 Å². The zero-order valence-corrected chi connectivity index (χ0v) is 45.8. The Balaban J connectivity index is 0.000000257. The van der Waals surface area contributed by atoms with Crippen molar-refractivity contribution >= 4 is 39.7 Å². The third-order valence-electron chi connectivity index (χ3n) is 12.8. The Hall–Kier alpha value is -6.11. The first-order valence-electron chi connectivity index (χ1n) is 24.1. The van der Waals surface area contributed by atoms with E-state index in [1.807, 2.05) is 24.3 Å². The molecule has 7 aromatic carbocycles. The van der Waals surface area contributed by atoms with Crippen molar-refractivity contribution in [2.24, 2.45) is 5.92 Å².